The van der Waals surface area contributed by atoms with Gasteiger partial charge in [0.25, 0.3) is 0 Å². The van der Waals surface area contributed by atoms with E-state index >= 15 is 0 Å². The van der Waals surface area contributed by atoms with E-state index in [0.29, 0.717) is 47.0 Å². The van der Waals surface area contributed by atoms with Crippen molar-refractivity contribution in [1.29, 1.82) is 0 Å². The number of unbranched alkanes of at least 4 members (excludes halogenated alkanes) is 5. The first kappa shape index (κ1) is 37.7. The SMILES string of the molecule is CCOC(=O)c1ccc2cc(OCCCCCCCCOc3cc4ccc(C(=O)OCC)cc4cc3C(=O)OCC)c(C(=O)OCC)cc2c1. The van der Waals surface area contributed by atoms with Gasteiger partial charge in [0.2, 0.25) is 0 Å². The highest BCUT2D eigenvalue weighted by atomic mass is 16.5. The van der Waals surface area contributed by atoms with Crippen molar-refractivity contribution in [3.05, 3.63) is 82.9 Å². The van der Waals surface area contributed by atoms with Crippen LogP contribution < -0.4 is 9.47 Å². The minimum absolute atomic E-state index is 0.234. The molecule has 0 unspecified atom stereocenters. The van der Waals surface area contributed by atoms with Crippen molar-refractivity contribution in [2.75, 3.05) is 39.6 Å². The van der Waals surface area contributed by atoms with E-state index in [2.05, 4.69) is 0 Å². The summed E-state index contributed by atoms with van der Waals surface area (Å²) in [5.41, 5.74) is 1.46. The molecular formula is C40H46O10. The number of rotatable bonds is 19. The number of hydrogen-bond acceptors (Lipinski definition) is 10. The minimum atomic E-state index is -0.477. The summed E-state index contributed by atoms with van der Waals surface area (Å²) in [5, 5.41) is 3.11. The van der Waals surface area contributed by atoms with E-state index in [1.54, 1.807) is 76.2 Å². The zero-order valence-electron chi connectivity index (χ0n) is 29.3. The summed E-state index contributed by atoms with van der Waals surface area (Å²) in [7, 11) is 0. The predicted octanol–water partition coefficient (Wildman–Crippen LogP) is 8.50. The van der Waals surface area contributed by atoms with Gasteiger partial charge in [0.1, 0.15) is 22.6 Å². The van der Waals surface area contributed by atoms with Crippen LogP contribution in [-0.2, 0) is 18.9 Å². The number of benzene rings is 4. The van der Waals surface area contributed by atoms with Crippen molar-refractivity contribution in [2.45, 2.75) is 66.2 Å². The van der Waals surface area contributed by atoms with Crippen LogP contribution in [0.15, 0.2) is 60.7 Å². The highest BCUT2D eigenvalue weighted by Gasteiger charge is 2.18. The lowest BCUT2D eigenvalue weighted by molar-refractivity contribution is 0.0511. The average Bonchev–Trinajstić information content (AvgIpc) is 3.11. The molecule has 10 heteroatoms. The second kappa shape index (κ2) is 19.2. The molecule has 0 amide bonds. The Kier molecular flexibility index (Phi) is 14.4. The van der Waals surface area contributed by atoms with Crippen molar-refractivity contribution >= 4 is 45.4 Å². The number of carbonyl (C=O) groups excluding carboxylic acids is 4. The van der Waals surface area contributed by atoms with Crippen LogP contribution in [0.4, 0.5) is 0 Å². The van der Waals surface area contributed by atoms with Crippen LogP contribution in [0, 0.1) is 0 Å². The van der Waals surface area contributed by atoms with E-state index in [-0.39, 0.29) is 26.4 Å². The summed E-state index contributed by atoms with van der Waals surface area (Å²) in [4.78, 5) is 49.9. The molecule has 0 radical (unpaired) electrons. The molecule has 0 saturated carbocycles. The number of fused-ring (bicyclic) bond motifs is 2. The molecule has 0 spiro atoms. The Morgan fingerprint density at radius 1 is 0.420 bits per heavy atom. The summed E-state index contributed by atoms with van der Waals surface area (Å²) >= 11 is 0. The number of hydrogen-bond donors (Lipinski definition) is 0. The average molecular weight is 687 g/mol. The van der Waals surface area contributed by atoms with Crippen LogP contribution in [0.2, 0.25) is 0 Å². The van der Waals surface area contributed by atoms with Gasteiger partial charge in [-0.1, -0.05) is 37.8 Å². The molecule has 0 saturated heterocycles. The van der Waals surface area contributed by atoms with Gasteiger partial charge < -0.3 is 28.4 Å². The van der Waals surface area contributed by atoms with Crippen LogP contribution >= 0.6 is 0 Å². The van der Waals surface area contributed by atoms with Crippen LogP contribution in [-0.4, -0.2) is 63.5 Å². The molecule has 4 aromatic rings. The van der Waals surface area contributed by atoms with Crippen LogP contribution in [0.25, 0.3) is 21.5 Å². The van der Waals surface area contributed by atoms with E-state index < -0.39 is 23.9 Å². The number of carbonyl (C=O) groups is 4. The largest absolute Gasteiger partial charge is 0.493 e. The standard InChI is InChI=1S/C40H46O10/c1-5-45-37(41)29-17-15-27-25-35(33(23-31(27)21-29)39(43)47-7-3)49-19-13-11-9-10-12-14-20-50-36-26-28-16-18-30(38(42)46-6-2)22-32(28)24-34(36)40(44)48-8-4/h15-18,21-26H,5-14,19-20H2,1-4H3. The minimum Gasteiger partial charge on any atom is -0.493 e. The fraction of sp³-hybridized carbons (Fsp3) is 0.400. The molecule has 266 valence electrons. The summed E-state index contributed by atoms with van der Waals surface area (Å²) in [5.74, 6) is -0.884. The molecule has 4 aromatic carbocycles. The van der Waals surface area contributed by atoms with Gasteiger partial charge in [-0.05, 0) is 111 Å². The molecule has 50 heavy (non-hydrogen) atoms. The van der Waals surface area contributed by atoms with E-state index in [4.69, 9.17) is 28.4 Å². The first-order valence-electron chi connectivity index (χ1n) is 17.4. The fourth-order valence-corrected chi connectivity index (χ4v) is 5.49. The Hall–Kier alpha value is -5.12. The van der Waals surface area contributed by atoms with Crippen molar-refractivity contribution in [3.8, 4) is 11.5 Å². The van der Waals surface area contributed by atoms with Gasteiger partial charge in [-0.3, -0.25) is 0 Å². The van der Waals surface area contributed by atoms with E-state index in [1.165, 1.54) is 0 Å². The maximum atomic E-state index is 12.7. The molecule has 0 fully saturated rings. The number of esters is 4. The molecule has 0 heterocycles. The second-order valence-electron chi connectivity index (χ2n) is 11.5. The molecule has 0 N–H and O–H groups in total. The zero-order valence-corrected chi connectivity index (χ0v) is 29.3. The van der Waals surface area contributed by atoms with E-state index in [0.717, 1.165) is 60.1 Å². The molecule has 0 bridgehead atoms. The van der Waals surface area contributed by atoms with Gasteiger partial charge in [-0.25, -0.2) is 19.2 Å². The van der Waals surface area contributed by atoms with Gasteiger partial charge in [-0.15, -0.1) is 0 Å². The lowest BCUT2D eigenvalue weighted by atomic mass is 10.0. The highest BCUT2D eigenvalue weighted by Crippen LogP contribution is 2.30. The first-order valence-corrected chi connectivity index (χ1v) is 17.4. The van der Waals surface area contributed by atoms with Gasteiger partial charge in [-0.2, -0.15) is 0 Å². The Morgan fingerprint density at radius 3 is 1.16 bits per heavy atom. The van der Waals surface area contributed by atoms with Crippen LogP contribution in [0.5, 0.6) is 11.5 Å². The van der Waals surface area contributed by atoms with Gasteiger partial charge in [0, 0.05) is 0 Å². The van der Waals surface area contributed by atoms with Crippen molar-refractivity contribution in [2.24, 2.45) is 0 Å². The Labute approximate surface area is 292 Å². The monoisotopic (exact) mass is 686 g/mol. The Balaban J connectivity index is 1.25. The van der Waals surface area contributed by atoms with Gasteiger partial charge in [0.15, 0.2) is 0 Å². The first-order chi connectivity index (χ1) is 24.3. The van der Waals surface area contributed by atoms with Gasteiger partial charge in [0.05, 0.1) is 50.8 Å². The quantitative estimate of drug-likeness (QED) is 0.0539. The normalized spacial score (nSPS) is 10.9. The molecule has 0 aliphatic carbocycles. The zero-order chi connectivity index (χ0) is 35.9. The second-order valence-corrected chi connectivity index (χ2v) is 11.5. The lowest BCUT2D eigenvalue weighted by Gasteiger charge is -2.14. The third-order valence-electron chi connectivity index (χ3n) is 7.94. The van der Waals surface area contributed by atoms with E-state index in [9.17, 15) is 19.2 Å². The summed E-state index contributed by atoms with van der Waals surface area (Å²) < 4.78 is 32.9. The highest BCUT2D eigenvalue weighted by molar-refractivity contribution is 6.02. The molecule has 0 aromatic heterocycles. The van der Waals surface area contributed by atoms with Crippen LogP contribution in [0.1, 0.15) is 108 Å². The molecule has 0 aliphatic heterocycles. The Morgan fingerprint density at radius 2 is 0.780 bits per heavy atom. The van der Waals surface area contributed by atoms with Crippen molar-refractivity contribution in [1.82, 2.24) is 0 Å². The smallest absolute Gasteiger partial charge is 0.341 e. The summed E-state index contributed by atoms with van der Waals surface area (Å²) in [6.07, 6.45) is 5.56. The van der Waals surface area contributed by atoms with Gasteiger partial charge >= 0.3 is 23.9 Å². The van der Waals surface area contributed by atoms with E-state index in [1.807, 2.05) is 12.1 Å². The van der Waals surface area contributed by atoms with Crippen molar-refractivity contribution < 1.29 is 47.6 Å². The molecular weight excluding hydrogens is 640 g/mol. The number of ether oxygens (including phenoxy) is 6. The molecule has 4 rings (SSSR count). The topological polar surface area (TPSA) is 124 Å². The predicted molar refractivity (Wildman–Crippen MR) is 190 cm³/mol. The Bertz CT molecular complexity index is 1660. The summed E-state index contributed by atoms with van der Waals surface area (Å²) in [6.45, 7) is 8.92. The third-order valence-corrected chi connectivity index (χ3v) is 7.94. The molecule has 0 aliphatic rings. The fourth-order valence-electron chi connectivity index (χ4n) is 5.49. The van der Waals surface area contributed by atoms with Crippen LogP contribution in [0.3, 0.4) is 0 Å². The third kappa shape index (κ3) is 10.2. The maximum Gasteiger partial charge on any atom is 0.341 e. The summed E-state index contributed by atoms with van der Waals surface area (Å²) in [6, 6.07) is 17.4. The lowest BCUT2D eigenvalue weighted by Crippen LogP contribution is -2.09. The maximum absolute atomic E-state index is 12.7. The molecule has 0 atom stereocenters. The molecule has 10 nitrogen and oxygen atoms in total. The van der Waals surface area contributed by atoms with Crippen molar-refractivity contribution in [3.63, 3.8) is 0 Å².